The van der Waals surface area contributed by atoms with Gasteiger partial charge in [0.05, 0.1) is 13.7 Å². The van der Waals surface area contributed by atoms with E-state index < -0.39 is 11.9 Å². The van der Waals surface area contributed by atoms with Crippen LogP contribution in [0.1, 0.15) is 35.7 Å². The largest absolute Gasteiger partial charge is 0.481 e. The van der Waals surface area contributed by atoms with Gasteiger partial charge in [-0.05, 0) is 18.4 Å². The molecule has 0 amide bonds. The third-order valence-electron chi connectivity index (χ3n) is 3.20. The van der Waals surface area contributed by atoms with Crippen LogP contribution in [0.2, 0.25) is 0 Å². The van der Waals surface area contributed by atoms with Crippen molar-refractivity contribution < 1.29 is 19.1 Å². The van der Waals surface area contributed by atoms with Crippen LogP contribution in [-0.2, 0) is 16.0 Å². The predicted octanol–water partition coefficient (Wildman–Crippen LogP) is 1.79. The fraction of sp³-hybridized carbons (Fsp3) is 0.500. The third kappa shape index (κ3) is 2.75. The average Bonchev–Trinajstić information content (AvgIpc) is 2.76. The lowest BCUT2D eigenvalue weighted by Gasteiger charge is -2.07. The summed E-state index contributed by atoms with van der Waals surface area (Å²) in [6.45, 7) is 2.39. The monoisotopic (exact) mass is 263 g/mol. The van der Waals surface area contributed by atoms with Crippen LogP contribution in [0.3, 0.4) is 0 Å². The summed E-state index contributed by atoms with van der Waals surface area (Å²) in [5.74, 6) is -0.973. The van der Waals surface area contributed by atoms with Crippen molar-refractivity contribution in [3.8, 4) is 5.88 Å². The lowest BCUT2D eigenvalue weighted by atomic mass is 10.1. The van der Waals surface area contributed by atoms with Gasteiger partial charge in [-0.3, -0.25) is 9.59 Å². The molecule has 5 nitrogen and oxygen atoms in total. The highest BCUT2D eigenvalue weighted by Crippen LogP contribution is 2.29. The summed E-state index contributed by atoms with van der Waals surface area (Å²) in [6.07, 6.45) is 3.73. The van der Waals surface area contributed by atoms with E-state index in [0.29, 0.717) is 24.5 Å². The van der Waals surface area contributed by atoms with Crippen molar-refractivity contribution >= 4 is 11.8 Å². The van der Waals surface area contributed by atoms with Crippen LogP contribution < -0.4 is 4.74 Å². The number of rotatable bonds is 5. The Morgan fingerprint density at radius 3 is 3.00 bits per heavy atom. The van der Waals surface area contributed by atoms with Gasteiger partial charge in [-0.1, -0.05) is 13.3 Å². The van der Waals surface area contributed by atoms with Crippen LogP contribution in [0.5, 0.6) is 5.88 Å². The van der Waals surface area contributed by atoms with Crippen LogP contribution in [0.15, 0.2) is 12.3 Å². The minimum Gasteiger partial charge on any atom is -0.481 e. The zero-order chi connectivity index (χ0) is 13.8. The van der Waals surface area contributed by atoms with Crippen LogP contribution in [0.25, 0.3) is 0 Å². The van der Waals surface area contributed by atoms with Gasteiger partial charge in [-0.25, -0.2) is 4.98 Å². The lowest BCUT2D eigenvalue weighted by Crippen LogP contribution is -2.23. The Morgan fingerprint density at radius 2 is 2.32 bits per heavy atom. The Labute approximate surface area is 111 Å². The standard InChI is InChI=1S/C14H17NO4/c1-3-4-5-19-14(17)11-6-9-8-15-12(18-2)7-10(9)13(11)16/h7-8,11H,3-6H2,1-2H3. The van der Waals surface area contributed by atoms with Crippen molar-refractivity contribution in [2.45, 2.75) is 26.2 Å². The van der Waals surface area contributed by atoms with Crippen molar-refractivity contribution in [1.29, 1.82) is 0 Å². The number of aromatic nitrogens is 1. The Morgan fingerprint density at radius 1 is 1.53 bits per heavy atom. The molecule has 0 bridgehead atoms. The molecule has 1 aromatic rings. The summed E-state index contributed by atoms with van der Waals surface area (Å²) in [4.78, 5) is 28.1. The number of pyridine rings is 1. The molecule has 0 radical (unpaired) electrons. The second kappa shape index (κ2) is 5.82. The van der Waals surface area contributed by atoms with E-state index in [0.717, 1.165) is 18.4 Å². The van der Waals surface area contributed by atoms with Gasteiger partial charge in [-0.15, -0.1) is 0 Å². The molecule has 1 aliphatic rings. The van der Waals surface area contributed by atoms with Crippen molar-refractivity contribution in [2.24, 2.45) is 5.92 Å². The Balaban J connectivity index is 2.08. The summed E-state index contributed by atoms with van der Waals surface area (Å²) in [5, 5.41) is 0. The number of carbonyl (C=O) groups excluding carboxylic acids is 2. The van der Waals surface area contributed by atoms with Crippen LogP contribution in [0.4, 0.5) is 0 Å². The van der Waals surface area contributed by atoms with Gasteiger partial charge in [0.25, 0.3) is 0 Å². The fourth-order valence-corrected chi connectivity index (χ4v) is 2.08. The molecule has 102 valence electrons. The smallest absolute Gasteiger partial charge is 0.317 e. The number of unbranched alkanes of at least 4 members (excludes halogenated alkanes) is 1. The van der Waals surface area contributed by atoms with Gasteiger partial charge < -0.3 is 9.47 Å². The number of carbonyl (C=O) groups is 2. The average molecular weight is 263 g/mol. The predicted molar refractivity (Wildman–Crippen MR) is 68.2 cm³/mol. The molecule has 1 aromatic heterocycles. The summed E-state index contributed by atoms with van der Waals surface area (Å²) in [5.41, 5.74) is 1.30. The van der Waals surface area contributed by atoms with Gasteiger partial charge >= 0.3 is 5.97 Å². The molecule has 0 saturated heterocycles. The summed E-state index contributed by atoms with van der Waals surface area (Å²) in [6, 6.07) is 1.58. The van der Waals surface area contributed by atoms with E-state index in [-0.39, 0.29) is 5.78 Å². The zero-order valence-corrected chi connectivity index (χ0v) is 11.1. The van der Waals surface area contributed by atoms with E-state index >= 15 is 0 Å². The highest BCUT2D eigenvalue weighted by molar-refractivity contribution is 6.12. The lowest BCUT2D eigenvalue weighted by molar-refractivity contribution is -0.146. The van der Waals surface area contributed by atoms with E-state index in [1.807, 2.05) is 6.92 Å². The Bertz CT molecular complexity index is 498. The summed E-state index contributed by atoms with van der Waals surface area (Å²) < 4.78 is 10.1. The molecular formula is C14H17NO4. The van der Waals surface area contributed by atoms with E-state index in [4.69, 9.17) is 9.47 Å². The summed E-state index contributed by atoms with van der Waals surface area (Å²) >= 11 is 0. The first-order valence-electron chi connectivity index (χ1n) is 6.41. The molecule has 0 N–H and O–H groups in total. The van der Waals surface area contributed by atoms with Crippen molar-refractivity contribution in [3.05, 3.63) is 23.4 Å². The van der Waals surface area contributed by atoms with Crippen molar-refractivity contribution in [2.75, 3.05) is 13.7 Å². The van der Waals surface area contributed by atoms with E-state index in [9.17, 15) is 9.59 Å². The van der Waals surface area contributed by atoms with Crippen molar-refractivity contribution in [1.82, 2.24) is 4.98 Å². The minimum atomic E-state index is -0.722. The number of nitrogens with zero attached hydrogens (tertiary/aromatic N) is 1. The Hall–Kier alpha value is -1.91. The van der Waals surface area contributed by atoms with E-state index in [1.165, 1.54) is 7.11 Å². The number of hydrogen-bond acceptors (Lipinski definition) is 5. The van der Waals surface area contributed by atoms with Crippen LogP contribution >= 0.6 is 0 Å². The fourth-order valence-electron chi connectivity index (χ4n) is 2.08. The second-order valence-corrected chi connectivity index (χ2v) is 4.53. The molecular weight excluding hydrogens is 246 g/mol. The molecule has 2 rings (SSSR count). The topological polar surface area (TPSA) is 65.5 Å². The quantitative estimate of drug-likeness (QED) is 0.460. The SMILES string of the molecule is CCCCOC(=O)C1Cc2cnc(OC)cc2C1=O. The number of methoxy groups -OCH3 is 1. The van der Waals surface area contributed by atoms with Crippen LogP contribution in [-0.4, -0.2) is 30.5 Å². The number of ether oxygens (including phenoxy) is 2. The number of esters is 1. The molecule has 1 unspecified atom stereocenters. The van der Waals surface area contributed by atoms with Gasteiger partial charge in [0.2, 0.25) is 5.88 Å². The maximum Gasteiger partial charge on any atom is 0.317 e. The van der Waals surface area contributed by atoms with E-state index in [2.05, 4.69) is 4.98 Å². The van der Waals surface area contributed by atoms with Gasteiger partial charge in [0.15, 0.2) is 5.78 Å². The first-order valence-corrected chi connectivity index (χ1v) is 6.41. The van der Waals surface area contributed by atoms with E-state index in [1.54, 1.807) is 12.3 Å². The first-order chi connectivity index (χ1) is 9.17. The normalized spacial score (nSPS) is 17.2. The Kier molecular flexibility index (Phi) is 4.14. The third-order valence-corrected chi connectivity index (χ3v) is 3.20. The zero-order valence-electron chi connectivity index (χ0n) is 11.1. The number of hydrogen-bond donors (Lipinski definition) is 0. The van der Waals surface area contributed by atoms with Crippen molar-refractivity contribution in [3.63, 3.8) is 0 Å². The molecule has 1 heterocycles. The number of fused-ring (bicyclic) bond motifs is 1. The molecule has 0 aromatic carbocycles. The number of ketones is 1. The molecule has 0 saturated carbocycles. The summed E-state index contributed by atoms with van der Waals surface area (Å²) in [7, 11) is 1.49. The van der Waals surface area contributed by atoms with Gasteiger partial charge in [-0.2, -0.15) is 0 Å². The highest BCUT2D eigenvalue weighted by atomic mass is 16.5. The molecule has 19 heavy (non-hydrogen) atoms. The number of Topliss-reactive ketones (excluding diaryl/α,β-unsaturated/α-hetero) is 1. The maximum atomic E-state index is 12.2. The maximum absolute atomic E-state index is 12.2. The minimum absolute atomic E-state index is 0.197. The molecule has 0 fully saturated rings. The first kappa shape index (κ1) is 13.5. The molecule has 1 atom stereocenters. The van der Waals surface area contributed by atoms with Gasteiger partial charge in [0, 0.05) is 17.8 Å². The molecule has 0 spiro atoms. The molecule has 0 aliphatic heterocycles. The van der Waals surface area contributed by atoms with Gasteiger partial charge in [0.1, 0.15) is 5.92 Å². The molecule has 5 heteroatoms. The second-order valence-electron chi connectivity index (χ2n) is 4.53. The molecule has 1 aliphatic carbocycles. The van der Waals surface area contributed by atoms with Crippen LogP contribution in [0, 0.1) is 5.92 Å². The highest BCUT2D eigenvalue weighted by Gasteiger charge is 2.37.